The first kappa shape index (κ1) is 57.9. The van der Waals surface area contributed by atoms with Crippen molar-refractivity contribution < 1.29 is 23.8 Å². The van der Waals surface area contributed by atoms with Crippen molar-refractivity contribution in [2.75, 3.05) is 19.8 Å². The fourth-order valence-corrected chi connectivity index (χ4v) is 7.50. The molecule has 350 valence electrons. The number of carbonyl (C=O) groups excluding carboxylic acids is 2. The van der Waals surface area contributed by atoms with Crippen LogP contribution in [0.15, 0.2) is 48.6 Å². The van der Waals surface area contributed by atoms with E-state index in [4.69, 9.17) is 14.2 Å². The summed E-state index contributed by atoms with van der Waals surface area (Å²) in [6.07, 6.45) is 62.7. The van der Waals surface area contributed by atoms with Gasteiger partial charge in [-0.05, 0) is 57.8 Å². The topological polar surface area (TPSA) is 61.8 Å². The Kier molecular flexibility index (Phi) is 49.4. The summed E-state index contributed by atoms with van der Waals surface area (Å²) in [6.45, 7) is 7.70. The van der Waals surface area contributed by atoms with Crippen molar-refractivity contribution in [2.24, 2.45) is 0 Å². The number of rotatable bonds is 48. The van der Waals surface area contributed by atoms with Crippen molar-refractivity contribution in [2.45, 2.75) is 271 Å². The average molecular weight is 841 g/mol. The maximum absolute atomic E-state index is 12.8. The Morgan fingerprint density at radius 1 is 0.383 bits per heavy atom. The van der Waals surface area contributed by atoms with E-state index in [2.05, 4.69) is 69.4 Å². The molecular weight excluding hydrogens is 741 g/mol. The van der Waals surface area contributed by atoms with Gasteiger partial charge in [-0.25, -0.2) is 0 Å². The predicted octanol–water partition coefficient (Wildman–Crippen LogP) is 17.6. The van der Waals surface area contributed by atoms with Gasteiger partial charge in [0.2, 0.25) is 0 Å². The fraction of sp³-hybridized carbons (Fsp3) is 0.818. The highest BCUT2D eigenvalue weighted by molar-refractivity contribution is 5.70. The average Bonchev–Trinajstić information content (AvgIpc) is 3.25. The van der Waals surface area contributed by atoms with E-state index in [0.717, 1.165) is 70.6 Å². The van der Waals surface area contributed by atoms with Gasteiger partial charge >= 0.3 is 11.9 Å². The van der Waals surface area contributed by atoms with Crippen LogP contribution in [0.4, 0.5) is 0 Å². The van der Waals surface area contributed by atoms with Crippen LogP contribution in [0, 0.1) is 0 Å². The monoisotopic (exact) mass is 841 g/mol. The summed E-state index contributed by atoms with van der Waals surface area (Å²) >= 11 is 0. The van der Waals surface area contributed by atoms with Crippen LogP contribution in [0.1, 0.15) is 265 Å². The van der Waals surface area contributed by atoms with Crippen LogP contribution >= 0.6 is 0 Å². The summed E-state index contributed by atoms with van der Waals surface area (Å²) in [5.41, 5.74) is 0. The van der Waals surface area contributed by atoms with Gasteiger partial charge in [0.15, 0.2) is 6.10 Å². The van der Waals surface area contributed by atoms with E-state index < -0.39 is 6.10 Å². The largest absolute Gasteiger partial charge is 0.462 e. The number of ether oxygens (including phenoxy) is 3. The molecule has 0 aromatic heterocycles. The van der Waals surface area contributed by atoms with Crippen LogP contribution in [0.3, 0.4) is 0 Å². The van der Waals surface area contributed by atoms with Crippen LogP contribution in [-0.2, 0) is 23.8 Å². The number of esters is 2. The van der Waals surface area contributed by atoms with Gasteiger partial charge in [-0.3, -0.25) is 9.59 Å². The number of hydrogen-bond acceptors (Lipinski definition) is 5. The molecule has 5 nitrogen and oxygen atoms in total. The van der Waals surface area contributed by atoms with Gasteiger partial charge in [-0.1, -0.05) is 243 Å². The zero-order valence-corrected chi connectivity index (χ0v) is 40.2. The minimum absolute atomic E-state index is 0.0731. The summed E-state index contributed by atoms with van der Waals surface area (Å²) in [4.78, 5) is 25.4. The quantitative estimate of drug-likeness (QED) is 0.0347. The Balaban J connectivity index is 4.21. The van der Waals surface area contributed by atoms with Crippen molar-refractivity contribution in [3.63, 3.8) is 0 Å². The molecule has 0 N–H and O–H groups in total. The minimum Gasteiger partial charge on any atom is -0.462 e. The molecule has 1 atom stereocenters. The molecular formula is C55H100O5. The summed E-state index contributed by atoms with van der Waals surface area (Å²) < 4.78 is 17.3. The third-order valence-electron chi connectivity index (χ3n) is 11.4. The highest BCUT2D eigenvalue weighted by atomic mass is 16.6. The van der Waals surface area contributed by atoms with Crippen LogP contribution in [0.5, 0.6) is 0 Å². The van der Waals surface area contributed by atoms with E-state index in [1.807, 2.05) is 0 Å². The second kappa shape index (κ2) is 51.2. The van der Waals surface area contributed by atoms with Crippen molar-refractivity contribution >= 4 is 11.9 Å². The van der Waals surface area contributed by atoms with E-state index in [0.29, 0.717) is 19.4 Å². The molecule has 0 amide bonds. The first-order valence-electron chi connectivity index (χ1n) is 26.2. The molecule has 0 saturated heterocycles. The van der Waals surface area contributed by atoms with Crippen LogP contribution < -0.4 is 0 Å². The molecule has 5 heteroatoms. The minimum atomic E-state index is -0.552. The van der Waals surface area contributed by atoms with E-state index in [-0.39, 0.29) is 25.2 Å². The smallest absolute Gasteiger partial charge is 0.306 e. The van der Waals surface area contributed by atoms with Gasteiger partial charge < -0.3 is 14.2 Å². The van der Waals surface area contributed by atoms with E-state index >= 15 is 0 Å². The molecule has 0 aliphatic carbocycles. The molecule has 0 aromatic rings. The maximum Gasteiger partial charge on any atom is 0.306 e. The fourth-order valence-electron chi connectivity index (χ4n) is 7.50. The Morgan fingerprint density at radius 2 is 0.750 bits per heavy atom. The van der Waals surface area contributed by atoms with Gasteiger partial charge in [0.25, 0.3) is 0 Å². The van der Waals surface area contributed by atoms with Gasteiger partial charge in [0.1, 0.15) is 6.61 Å². The Bertz CT molecular complexity index is 997. The Morgan fingerprint density at radius 3 is 1.20 bits per heavy atom. The van der Waals surface area contributed by atoms with Crippen LogP contribution in [0.25, 0.3) is 0 Å². The highest BCUT2D eigenvalue weighted by Crippen LogP contribution is 2.16. The molecule has 60 heavy (non-hydrogen) atoms. The normalized spacial score (nSPS) is 12.5. The second-order valence-electron chi connectivity index (χ2n) is 17.4. The molecule has 0 aliphatic rings. The molecule has 0 rings (SSSR count). The number of allylic oxidation sites excluding steroid dienone is 8. The van der Waals surface area contributed by atoms with Gasteiger partial charge in [0, 0.05) is 19.4 Å². The van der Waals surface area contributed by atoms with Crippen molar-refractivity contribution in [3.8, 4) is 0 Å². The van der Waals surface area contributed by atoms with E-state index in [1.54, 1.807) is 0 Å². The summed E-state index contributed by atoms with van der Waals surface area (Å²) in [6, 6.07) is 0. The summed E-state index contributed by atoms with van der Waals surface area (Å²) in [7, 11) is 0. The molecule has 0 heterocycles. The van der Waals surface area contributed by atoms with Crippen molar-refractivity contribution in [1.82, 2.24) is 0 Å². The molecule has 0 radical (unpaired) electrons. The van der Waals surface area contributed by atoms with Crippen molar-refractivity contribution in [3.05, 3.63) is 48.6 Å². The molecule has 0 saturated carbocycles. The maximum atomic E-state index is 12.8. The van der Waals surface area contributed by atoms with E-state index in [9.17, 15) is 9.59 Å². The number of hydrogen-bond donors (Lipinski definition) is 0. The number of carbonyl (C=O) groups is 2. The highest BCUT2D eigenvalue weighted by Gasteiger charge is 2.17. The van der Waals surface area contributed by atoms with E-state index in [1.165, 1.54) is 161 Å². The molecule has 0 fully saturated rings. The lowest BCUT2D eigenvalue weighted by atomic mass is 10.0. The van der Waals surface area contributed by atoms with Gasteiger partial charge in [0.05, 0.1) is 6.61 Å². The van der Waals surface area contributed by atoms with Gasteiger partial charge in [-0.15, -0.1) is 0 Å². The molecule has 0 bridgehead atoms. The second-order valence-corrected chi connectivity index (χ2v) is 17.4. The predicted molar refractivity (Wildman–Crippen MR) is 261 cm³/mol. The lowest BCUT2D eigenvalue weighted by Gasteiger charge is -2.18. The summed E-state index contributed by atoms with van der Waals surface area (Å²) in [5.74, 6) is -0.432. The van der Waals surface area contributed by atoms with Gasteiger partial charge in [-0.2, -0.15) is 0 Å². The first-order valence-corrected chi connectivity index (χ1v) is 26.2. The van der Waals surface area contributed by atoms with Crippen LogP contribution in [0.2, 0.25) is 0 Å². The third kappa shape index (κ3) is 48.5. The third-order valence-corrected chi connectivity index (χ3v) is 11.4. The zero-order valence-electron chi connectivity index (χ0n) is 40.2. The standard InChI is InChI=1S/C55H100O5/c1-4-7-10-13-16-19-22-24-26-27-28-29-31-32-34-36-39-42-45-48-54(56)59-52-53(51-58-50-47-44-41-38-21-18-15-12-9-6-3)60-55(57)49-46-43-40-37-35-33-30-25-23-20-17-14-11-8-5-2/h8,11,17,20,25,30,35,37,53H,4-7,9-10,12-16,18-19,21-24,26-29,31-34,36,38-52H2,1-3H3/b11-8-,20-17-,30-25-,37-35-. The number of unbranched alkanes of at least 4 members (excludes halogenated alkanes) is 29. The van der Waals surface area contributed by atoms with Crippen molar-refractivity contribution in [1.29, 1.82) is 0 Å². The first-order chi connectivity index (χ1) is 29.6. The SMILES string of the molecule is CC/C=C\C/C=C\C/C=C\C/C=C\CCCCC(=O)OC(COCCCCCCCCCCCC)COC(=O)CCCCCCCCCCCCCCCCCCCCC. The lowest BCUT2D eigenvalue weighted by molar-refractivity contribution is -0.163. The lowest BCUT2D eigenvalue weighted by Crippen LogP contribution is -2.30. The van der Waals surface area contributed by atoms with Crippen LogP contribution in [-0.4, -0.2) is 37.9 Å². The molecule has 0 aromatic carbocycles. The Labute approximate surface area is 373 Å². The molecule has 1 unspecified atom stereocenters. The molecule has 0 spiro atoms. The summed E-state index contributed by atoms with van der Waals surface area (Å²) in [5, 5.41) is 0. The Hall–Kier alpha value is -2.14. The molecule has 0 aliphatic heterocycles. The zero-order chi connectivity index (χ0) is 43.5.